The van der Waals surface area contributed by atoms with Gasteiger partial charge < -0.3 is 0 Å². The molecule has 1 atom stereocenters. The minimum Gasteiger partial charge on any atom is -0.178 e. The van der Waals surface area contributed by atoms with E-state index in [1.54, 1.807) is 0 Å². The molecule has 0 aliphatic carbocycles. The third-order valence-electron chi connectivity index (χ3n) is 4.35. The molecule has 0 aromatic carbocycles. The lowest BCUT2D eigenvalue weighted by Gasteiger charge is -2.29. The fourth-order valence-electron chi connectivity index (χ4n) is 2.79. The van der Waals surface area contributed by atoms with Crippen molar-refractivity contribution in [1.82, 2.24) is 15.0 Å². The molecule has 0 aliphatic heterocycles. The van der Waals surface area contributed by atoms with E-state index < -0.39 is 0 Å². The molecule has 4 heteroatoms. The van der Waals surface area contributed by atoms with Gasteiger partial charge in [-0.05, 0) is 49.3 Å². The van der Waals surface area contributed by atoms with Crippen LogP contribution in [0.2, 0.25) is 0 Å². The summed E-state index contributed by atoms with van der Waals surface area (Å²) >= 11 is 2.29. The lowest BCUT2D eigenvalue weighted by Crippen LogP contribution is -2.32. The highest BCUT2D eigenvalue weighted by molar-refractivity contribution is 14.1. The normalized spacial score (nSPS) is 14.3. The molecule has 21 heavy (non-hydrogen) atoms. The van der Waals surface area contributed by atoms with Crippen LogP contribution in [0.4, 0.5) is 0 Å². The molecule has 0 radical (unpaired) electrons. The minimum atomic E-state index is 0.0928. The first-order valence-corrected chi connectivity index (χ1v) is 9.71. The van der Waals surface area contributed by atoms with Gasteiger partial charge in [-0.25, -0.2) is 0 Å². The average molecular weight is 405 g/mol. The van der Waals surface area contributed by atoms with E-state index in [2.05, 4.69) is 60.5 Å². The van der Waals surface area contributed by atoms with Crippen LogP contribution in [-0.2, 0) is 5.54 Å². The molecule has 0 N–H and O–H groups in total. The van der Waals surface area contributed by atoms with E-state index in [9.17, 15) is 0 Å². The molecule has 3 nitrogen and oxygen atoms in total. The van der Waals surface area contributed by atoms with Crippen molar-refractivity contribution in [3.8, 4) is 0 Å². The van der Waals surface area contributed by atoms with Crippen LogP contribution in [0.15, 0.2) is 0 Å². The van der Waals surface area contributed by atoms with Crippen LogP contribution in [-0.4, -0.2) is 15.0 Å². The molecule has 0 fully saturated rings. The van der Waals surface area contributed by atoms with Gasteiger partial charge in [-0.1, -0.05) is 65.2 Å². The summed E-state index contributed by atoms with van der Waals surface area (Å²) in [5.41, 5.74) is 1.15. The van der Waals surface area contributed by atoms with E-state index in [0.717, 1.165) is 9.39 Å². The first kappa shape index (κ1) is 18.9. The maximum atomic E-state index is 4.67. The third-order valence-corrected chi connectivity index (χ3v) is 5.34. The smallest absolute Gasteiger partial charge is 0.146 e. The molecule has 1 heterocycles. The van der Waals surface area contributed by atoms with Crippen molar-refractivity contribution < 1.29 is 0 Å². The maximum Gasteiger partial charge on any atom is 0.146 e. The molecule has 1 aromatic heterocycles. The number of halogens is 1. The Hall–Kier alpha value is -0.130. The summed E-state index contributed by atoms with van der Waals surface area (Å²) in [6.07, 6.45) is 12.9. The van der Waals surface area contributed by atoms with E-state index in [4.69, 9.17) is 0 Å². The fourth-order valence-corrected chi connectivity index (χ4v) is 3.11. The molecular formula is C17H32IN3. The highest BCUT2D eigenvalue weighted by Crippen LogP contribution is 2.29. The van der Waals surface area contributed by atoms with Crippen molar-refractivity contribution in [2.24, 2.45) is 0 Å². The number of aryl methyl sites for hydroxylation is 1. The second kappa shape index (κ2) is 9.80. The van der Waals surface area contributed by atoms with Crippen LogP contribution in [0.1, 0.15) is 90.7 Å². The third kappa shape index (κ3) is 6.25. The van der Waals surface area contributed by atoms with Gasteiger partial charge in [-0.3, -0.25) is 0 Å². The van der Waals surface area contributed by atoms with Crippen LogP contribution in [0.5, 0.6) is 0 Å². The molecule has 0 aliphatic rings. The number of aromatic nitrogens is 3. The Morgan fingerprint density at radius 2 is 1.43 bits per heavy atom. The molecule has 0 spiro atoms. The van der Waals surface area contributed by atoms with Crippen molar-refractivity contribution >= 4 is 22.6 Å². The van der Waals surface area contributed by atoms with Crippen LogP contribution >= 0.6 is 22.6 Å². The zero-order chi connectivity index (χ0) is 15.7. The minimum absolute atomic E-state index is 0.0928. The standard InChI is InChI=1S/C17H32IN3/c1-5-7-9-10-12-14-17(4,13-11-8-6-2)21-19-15(3)16(18)20-21/h5-14H2,1-4H3. The van der Waals surface area contributed by atoms with E-state index in [1.165, 1.54) is 64.2 Å². The zero-order valence-corrected chi connectivity index (χ0v) is 16.4. The van der Waals surface area contributed by atoms with Gasteiger partial charge in [0.2, 0.25) is 0 Å². The lowest BCUT2D eigenvalue weighted by molar-refractivity contribution is 0.200. The molecule has 0 bridgehead atoms. The maximum absolute atomic E-state index is 4.67. The Balaban J connectivity index is 2.65. The molecule has 0 amide bonds. The van der Waals surface area contributed by atoms with E-state index in [0.29, 0.717) is 0 Å². The van der Waals surface area contributed by atoms with Gasteiger partial charge in [0.05, 0.1) is 11.2 Å². The fraction of sp³-hybridized carbons (Fsp3) is 0.882. The van der Waals surface area contributed by atoms with Crippen molar-refractivity contribution in [2.45, 2.75) is 97.4 Å². The van der Waals surface area contributed by atoms with Gasteiger partial charge in [0.1, 0.15) is 3.70 Å². The molecule has 1 rings (SSSR count). The Labute approximate surface area is 144 Å². The van der Waals surface area contributed by atoms with Gasteiger partial charge in [0.15, 0.2) is 0 Å². The Morgan fingerprint density at radius 3 is 1.95 bits per heavy atom. The molecule has 1 unspecified atom stereocenters. The summed E-state index contributed by atoms with van der Waals surface area (Å²) in [6.45, 7) is 8.94. The van der Waals surface area contributed by atoms with E-state index in [1.807, 2.05) is 4.80 Å². The number of hydrogen-bond donors (Lipinski definition) is 0. The second-order valence-electron chi connectivity index (χ2n) is 6.48. The van der Waals surface area contributed by atoms with Gasteiger partial charge in [0.25, 0.3) is 0 Å². The summed E-state index contributed by atoms with van der Waals surface area (Å²) in [4.78, 5) is 2.01. The van der Waals surface area contributed by atoms with Crippen molar-refractivity contribution in [2.75, 3.05) is 0 Å². The number of hydrogen-bond acceptors (Lipinski definition) is 2. The van der Waals surface area contributed by atoms with Gasteiger partial charge >= 0.3 is 0 Å². The number of unbranched alkanes of at least 4 members (excludes halogenated alkanes) is 6. The zero-order valence-electron chi connectivity index (χ0n) is 14.3. The van der Waals surface area contributed by atoms with Crippen LogP contribution in [0, 0.1) is 10.6 Å². The average Bonchev–Trinajstić information content (AvgIpc) is 2.79. The van der Waals surface area contributed by atoms with Crippen molar-refractivity contribution in [3.63, 3.8) is 0 Å². The quantitative estimate of drug-likeness (QED) is 0.342. The summed E-state index contributed by atoms with van der Waals surface area (Å²) in [7, 11) is 0. The van der Waals surface area contributed by atoms with Gasteiger partial charge in [0, 0.05) is 0 Å². The van der Waals surface area contributed by atoms with E-state index >= 15 is 0 Å². The first-order valence-electron chi connectivity index (χ1n) is 8.63. The molecule has 0 saturated carbocycles. The van der Waals surface area contributed by atoms with Crippen LogP contribution in [0.25, 0.3) is 0 Å². The molecule has 122 valence electrons. The topological polar surface area (TPSA) is 30.7 Å². The highest BCUT2D eigenvalue weighted by atomic mass is 127. The Kier molecular flexibility index (Phi) is 8.83. The van der Waals surface area contributed by atoms with E-state index in [-0.39, 0.29) is 5.54 Å². The largest absolute Gasteiger partial charge is 0.178 e. The van der Waals surface area contributed by atoms with Gasteiger partial charge in [-0.15, -0.1) is 5.10 Å². The summed E-state index contributed by atoms with van der Waals surface area (Å²) < 4.78 is 1.04. The number of nitrogens with zero attached hydrogens (tertiary/aromatic N) is 3. The van der Waals surface area contributed by atoms with Crippen molar-refractivity contribution in [3.05, 3.63) is 9.39 Å². The summed E-state index contributed by atoms with van der Waals surface area (Å²) in [5.74, 6) is 0. The van der Waals surface area contributed by atoms with Crippen LogP contribution < -0.4 is 0 Å². The monoisotopic (exact) mass is 405 g/mol. The predicted octanol–water partition coefficient (Wildman–Crippen LogP) is 5.85. The summed E-state index contributed by atoms with van der Waals surface area (Å²) in [6, 6.07) is 0. The van der Waals surface area contributed by atoms with Crippen LogP contribution in [0.3, 0.4) is 0 Å². The highest BCUT2D eigenvalue weighted by Gasteiger charge is 2.28. The molecule has 0 saturated heterocycles. The lowest BCUT2D eigenvalue weighted by atomic mass is 9.89. The summed E-state index contributed by atoms with van der Waals surface area (Å²) in [5, 5.41) is 9.34. The number of rotatable bonds is 11. The Morgan fingerprint density at radius 1 is 0.905 bits per heavy atom. The van der Waals surface area contributed by atoms with Gasteiger partial charge in [-0.2, -0.15) is 9.90 Å². The second-order valence-corrected chi connectivity index (χ2v) is 7.51. The van der Waals surface area contributed by atoms with Crippen molar-refractivity contribution in [1.29, 1.82) is 0 Å². The SMILES string of the molecule is CCCCCCCC(C)(CCCCC)n1nc(C)c(I)n1. The Bertz CT molecular complexity index is 383. The molecule has 1 aromatic rings. The molecular weight excluding hydrogens is 373 g/mol. The predicted molar refractivity (Wildman–Crippen MR) is 98.6 cm³/mol. The first-order chi connectivity index (χ1) is 10.0.